The van der Waals surface area contributed by atoms with Gasteiger partial charge in [-0.3, -0.25) is 9.69 Å². The number of thiocarbonyl (C=S) groups is 1. The lowest BCUT2D eigenvalue weighted by molar-refractivity contribution is -0.113. The van der Waals surface area contributed by atoms with Crippen LogP contribution in [-0.4, -0.2) is 21.3 Å². The van der Waals surface area contributed by atoms with E-state index in [4.69, 9.17) is 17.3 Å². The number of carbonyl (C=O) groups is 2. The number of aromatic carboxylic acids is 1. The van der Waals surface area contributed by atoms with Gasteiger partial charge in [0.25, 0.3) is 5.91 Å². The van der Waals surface area contributed by atoms with Gasteiger partial charge in [-0.15, -0.1) is 0 Å². The second kappa shape index (κ2) is 6.04. The zero-order valence-corrected chi connectivity index (χ0v) is 13.5. The average molecular weight is 347 g/mol. The van der Waals surface area contributed by atoms with Crippen molar-refractivity contribution in [2.24, 2.45) is 0 Å². The Balaban J connectivity index is 1.90. The SMILES string of the molecule is O=C(O)c1ccc(N2C(=O)/C(=C\c3ccsc3)SC2=S)cc1. The van der Waals surface area contributed by atoms with Gasteiger partial charge >= 0.3 is 5.97 Å². The predicted molar refractivity (Wildman–Crippen MR) is 93.4 cm³/mol. The van der Waals surface area contributed by atoms with Crippen LogP contribution in [0.1, 0.15) is 15.9 Å². The number of carboxylic acids is 1. The smallest absolute Gasteiger partial charge is 0.335 e. The van der Waals surface area contributed by atoms with Gasteiger partial charge in [0.2, 0.25) is 0 Å². The van der Waals surface area contributed by atoms with Crippen molar-refractivity contribution in [1.29, 1.82) is 0 Å². The summed E-state index contributed by atoms with van der Waals surface area (Å²) in [5.41, 5.74) is 1.70. The molecular weight excluding hydrogens is 338 g/mol. The Bertz CT molecular complexity index is 779. The van der Waals surface area contributed by atoms with Gasteiger partial charge in [-0.2, -0.15) is 11.3 Å². The van der Waals surface area contributed by atoms with Crippen LogP contribution in [0.3, 0.4) is 0 Å². The number of thioether (sulfide) groups is 1. The molecule has 1 N–H and O–H groups in total. The molecule has 0 atom stereocenters. The molecule has 1 aliphatic rings. The third-order valence-electron chi connectivity index (χ3n) is 3.01. The Labute approximate surface area is 140 Å². The maximum atomic E-state index is 12.5. The van der Waals surface area contributed by atoms with Crippen molar-refractivity contribution in [2.75, 3.05) is 4.90 Å². The maximum Gasteiger partial charge on any atom is 0.335 e. The molecule has 110 valence electrons. The van der Waals surface area contributed by atoms with E-state index in [2.05, 4.69) is 0 Å². The zero-order chi connectivity index (χ0) is 15.7. The van der Waals surface area contributed by atoms with Crippen molar-refractivity contribution in [3.8, 4) is 0 Å². The molecule has 0 radical (unpaired) electrons. The topological polar surface area (TPSA) is 57.6 Å². The van der Waals surface area contributed by atoms with E-state index in [0.29, 0.717) is 14.9 Å². The summed E-state index contributed by atoms with van der Waals surface area (Å²) >= 11 is 8.07. The molecular formula is C15H9NO3S3. The van der Waals surface area contributed by atoms with Crippen molar-refractivity contribution in [1.82, 2.24) is 0 Å². The fourth-order valence-electron chi connectivity index (χ4n) is 1.95. The van der Waals surface area contributed by atoms with Gasteiger partial charge in [0.1, 0.15) is 0 Å². The van der Waals surface area contributed by atoms with E-state index >= 15 is 0 Å². The standard InChI is InChI=1S/C15H9NO3S3/c17-13-12(7-9-5-6-21-8-9)22-15(20)16(13)11-3-1-10(2-4-11)14(18)19/h1-8H,(H,18,19)/b12-7+. The van der Waals surface area contributed by atoms with Crippen LogP contribution in [0, 0.1) is 0 Å². The Morgan fingerprint density at radius 3 is 2.55 bits per heavy atom. The lowest BCUT2D eigenvalue weighted by Crippen LogP contribution is -2.27. The van der Waals surface area contributed by atoms with Gasteiger partial charge in [0.15, 0.2) is 4.32 Å². The molecule has 1 aromatic heterocycles. The summed E-state index contributed by atoms with van der Waals surface area (Å²) in [6, 6.07) is 8.01. The fourth-order valence-corrected chi connectivity index (χ4v) is 3.87. The van der Waals surface area contributed by atoms with Gasteiger partial charge in [0, 0.05) is 0 Å². The Hall–Kier alpha value is -1.96. The first-order valence-corrected chi connectivity index (χ1v) is 8.36. The number of thiophene rings is 1. The van der Waals surface area contributed by atoms with Crippen molar-refractivity contribution < 1.29 is 14.7 Å². The number of hydrogen-bond donors (Lipinski definition) is 1. The largest absolute Gasteiger partial charge is 0.478 e. The molecule has 0 spiro atoms. The van der Waals surface area contributed by atoms with Crippen LogP contribution in [0.5, 0.6) is 0 Å². The van der Waals surface area contributed by atoms with E-state index in [1.54, 1.807) is 29.5 Å². The van der Waals surface area contributed by atoms with Gasteiger partial charge < -0.3 is 5.11 Å². The molecule has 1 aromatic carbocycles. The first-order chi connectivity index (χ1) is 10.6. The van der Waals surface area contributed by atoms with E-state index in [1.165, 1.54) is 28.8 Å². The highest BCUT2D eigenvalue weighted by Gasteiger charge is 2.33. The molecule has 0 bridgehead atoms. The molecule has 3 rings (SSSR count). The van der Waals surface area contributed by atoms with Crippen molar-refractivity contribution >= 4 is 63.3 Å². The van der Waals surface area contributed by atoms with Crippen LogP contribution >= 0.6 is 35.3 Å². The fraction of sp³-hybridized carbons (Fsp3) is 0. The minimum absolute atomic E-state index is 0.169. The highest BCUT2D eigenvalue weighted by atomic mass is 32.2. The summed E-state index contributed by atoms with van der Waals surface area (Å²) in [6.45, 7) is 0. The van der Waals surface area contributed by atoms with Crippen molar-refractivity contribution in [3.05, 3.63) is 57.1 Å². The van der Waals surface area contributed by atoms with Gasteiger partial charge in [-0.25, -0.2) is 4.79 Å². The van der Waals surface area contributed by atoms with Crippen molar-refractivity contribution in [3.63, 3.8) is 0 Å². The summed E-state index contributed by atoms with van der Waals surface area (Å²) < 4.78 is 0.439. The molecule has 7 heteroatoms. The molecule has 2 heterocycles. The molecule has 1 saturated heterocycles. The average Bonchev–Trinajstić information content (AvgIpc) is 3.09. The second-order valence-electron chi connectivity index (χ2n) is 4.43. The molecule has 2 aromatic rings. The molecule has 4 nitrogen and oxygen atoms in total. The van der Waals surface area contributed by atoms with Crippen LogP contribution in [0.2, 0.25) is 0 Å². The molecule has 22 heavy (non-hydrogen) atoms. The minimum Gasteiger partial charge on any atom is -0.478 e. The number of benzene rings is 1. The van der Waals surface area contributed by atoms with Crippen LogP contribution in [-0.2, 0) is 4.79 Å². The van der Waals surface area contributed by atoms with E-state index < -0.39 is 5.97 Å². The van der Waals surface area contributed by atoms with Crippen LogP contribution < -0.4 is 4.90 Å². The summed E-state index contributed by atoms with van der Waals surface area (Å²) in [4.78, 5) is 25.4. The monoisotopic (exact) mass is 347 g/mol. The summed E-state index contributed by atoms with van der Waals surface area (Å²) in [6.07, 6.45) is 1.81. The van der Waals surface area contributed by atoms with Crippen LogP contribution in [0.15, 0.2) is 46.0 Å². The molecule has 1 aliphatic heterocycles. The number of nitrogens with zero attached hydrogens (tertiary/aromatic N) is 1. The van der Waals surface area contributed by atoms with Gasteiger partial charge in [-0.05, 0) is 52.7 Å². The number of anilines is 1. The third kappa shape index (κ3) is 2.83. The maximum absolute atomic E-state index is 12.5. The van der Waals surface area contributed by atoms with E-state index in [-0.39, 0.29) is 11.5 Å². The molecule has 0 unspecified atom stereocenters. The quantitative estimate of drug-likeness (QED) is 0.675. The third-order valence-corrected chi connectivity index (χ3v) is 5.01. The van der Waals surface area contributed by atoms with E-state index in [0.717, 1.165) is 5.56 Å². The Morgan fingerprint density at radius 1 is 1.23 bits per heavy atom. The number of rotatable bonds is 3. The molecule has 0 saturated carbocycles. The minimum atomic E-state index is -1.01. The van der Waals surface area contributed by atoms with Gasteiger partial charge in [0.05, 0.1) is 16.2 Å². The summed E-state index contributed by atoms with van der Waals surface area (Å²) in [5, 5.41) is 12.8. The highest BCUT2D eigenvalue weighted by molar-refractivity contribution is 8.27. The molecule has 1 fully saturated rings. The Kier molecular flexibility index (Phi) is 4.10. The van der Waals surface area contributed by atoms with Crippen LogP contribution in [0.25, 0.3) is 6.08 Å². The highest BCUT2D eigenvalue weighted by Crippen LogP contribution is 2.36. The lowest BCUT2D eigenvalue weighted by Gasteiger charge is -2.14. The van der Waals surface area contributed by atoms with Gasteiger partial charge in [-0.1, -0.05) is 24.0 Å². The molecule has 0 aliphatic carbocycles. The number of carboxylic acid groups (broad SMARTS) is 1. The predicted octanol–water partition coefficient (Wildman–Crippen LogP) is 3.85. The Morgan fingerprint density at radius 2 is 1.95 bits per heavy atom. The normalized spacial score (nSPS) is 16.5. The van der Waals surface area contributed by atoms with Crippen LogP contribution in [0.4, 0.5) is 5.69 Å². The number of hydrogen-bond acceptors (Lipinski definition) is 5. The number of carbonyl (C=O) groups excluding carboxylic acids is 1. The second-order valence-corrected chi connectivity index (χ2v) is 6.88. The van der Waals surface area contributed by atoms with E-state index in [1.807, 2.05) is 16.8 Å². The zero-order valence-electron chi connectivity index (χ0n) is 11.1. The van der Waals surface area contributed by atoms with Crippen molar-refractivity contribution in [2.45, 2.75) is 0 Å². The summed E-state index contributed by atoms with van der Waals surface area (Å²) in [7, 11) is 0. The molecule has 1 amide bonds. The first kappa shape index (κ1) is 15.0. The number of amides is 1. The first-order valence-electron chi connectivity index (χ1n) is 6.20. The lowest BCUT2D eigenvalue weighted by atomic mass is 10.2. The van der Waals surface area contributed by atoms with E-state index in [9.17, 15) is 9.59 Å². The summed E-state index contributed by atoms with van der Waals surface area (Å²) in [5.74, 6) is -1.20.